The summed E-state index contributed by atoms with van der Waals surface area (Å²) in [5.74, 6) is 1.24. The van der Waals surface area contributed by atoms with Crippen LogP contribution in [-0.2, 0) is 4.79 Å². The molecule has 1 aromatic carbocycles. The fraction of sp³-hybridized carbons (Fsp3) is 0.235. The number of rotatable bonds is 5. The van der Waals surface area contributed by atoms with Crippen LogP contribution in [0, 0.1) is 13.8 Å². The van der Waals surface area contributed by atoms with E-state index in [-0.39, 0.29) is 11.8 Å². The van der Waals surface area contributed by atoms with Crippen LogP contribution >= 0.6 is 11.8 Å². The number of thioether (sulfide) groups is 1. The van der Waals surface area contributed by atoms with Gasteiger partial charge in [0.2, 0.25) is 0 Å². The maximum atomic E-state index is 11.5. The van der Waals surface area contributed by atoms with Crippen molar-refractivity contribution in [2.45, 2.75) is 20.0 Å². The summed E-state index contributed by atoms with van der Waals surface area (Å²) in [6, 6.07) is 6.96. The van der Waals surface area contributed by atoms with Gasteiger partial charge in [-0.1, -0.05) is 12.1 Å². The number of nitrogens with zero attached hydrogens (tertiary/aromatic N) is 1. The summed E-state index contributed by atoms with van der Waals surface area (Å²) in [5.41, 5.74) is 1.23. The van der Waals surface area contributed by atoms with Crippen LogP contribution in [0.1, 0.15) is 29.0 Å². The number of carbonyl (C=O) groups excluding carboxylic acids is 2. The van der Waals surface area contributed by atoms with Crippen LogP contribution < -0.4 is 10.1 Å². The van der Waals surface area contributed by atoms with E-state index in [4.69, 9.17) is 9.15 Å². The largest absolute Gasteiger partial charge is 0.490 e. The second-order valence-corrected chi connectivity index (χ2v) is 6.44. The molecule has 1 atom stereocenters. The third-order valence-electron chi connectivity index (χ3n) is 3.48. The number of ether oxygens (including phenoxy) is 1. The molecule has 1 unspecified atom stereocenters. The van der Waals surface area contributed by atoms with Crippen molar-refractivity contribution >= 4 is 29.0 Å². The van der Waals surface area contributed by atoms with Gasteiger partial charge in [-0.05, 0) is 42.5 Å². The molecule has 0 aliphatic carbocycles. The standard InChI is InChI=1S/C17H16N2O5S/c1-9-15(18-10(2)24-9)13(20)8-23-12-5-3-11(4-6-12)7-14-16(21)19-17(22)25-14/h3-7,13,20H,8H2,1-2H3,(H,19,21,22)/b14-7-. The van der Waals surface area contributed by atoms with E-state index in [1.807, 2.05) is 0 Å². The SMILES string of the molecule is Cc1nc(C(O)COc2ccc(/C=C3\SC(=O)NC3=O)cc2)c(C)o1. The highest BCUT2D eigenvalue weighted by molar-refractivity contribution is 8.18. The topological polar surface area (TPSA) is 102 Å². The Kier molecular flexibility index (Phi) is 4.91. The maximum absolute atomic E-state index is 11.5. The van der Waals surface area contributed by atoms with Gasteiger partial charge in [0.15, 0.2) is 5.89 Å². The second-order valence-electron chi connectivity index (χ2n) is 5.42. The van der Waals surface area contributed by atoms with E-state index in [9.17, 15) is 14.7 Å². The van der Waals surface area contributed by atoms with E-state index < -0.39 is 12.0 Å². The van der Waals surface area contributed by atoms with E-state index in [0.717, 1.165) is 17.3 Å². The number of oxazole rings is 1. The average molecular weight is 360 g/mol. The van der Waals surface area contributed by atoms with Crippen molar-refractivity contribution in [3.8, 4) is 5.75 Å². The quantitative estimate of drug-likeness (QED) is 0.791. The molecule has 1 fully saturated rings. The number of aryl methyl sites for hydroxylation is 2. The van der Waals surface area contributed by atoms with Crippen LogP contribution in [-0.4, -0.2) is 27.8 Å². The Labute approximate surface area is 148 Å². The normalized spacial score (nSPS) is 17.0. The van der Waals surface area contributed by atoms with Crippen molar-refractivity contribution in [3.63, 3.8) is 0 Å². The maximum Gasteiger partial charge on any atom is 0.290 e. The van der Waals surface area contributed by atoms with Crippen molar-refractivity contribution in [1.82, 2.24) is 10.3 Å². The molecule has 2 aromatic rings. The molecule has 1 saturated heterocycles. The second kappa shape index (κ2) is 7.12. The van der Waals surface area contributed by atoms with Gasteiger partial charge in [-0.3, -0.25) is 14.9 Å². The van der Waals surface area contributed by atoms with Gasteiger partial charge in [0.1, 0.15) is 29.9 Å². The summed E-state index contributed by atoms with van der Waals surface area (Å²) in [7, 11) is 0. The van der Waals surface area contributed by atoms with E-state index >= 15 is 0 Å². The highest BCUT2D eigenvalue weighted by Crippen LogP contribution is 2.26. The summed E-state index contributed by atoms with van der Waals surface area (Å²) in [5, 5.41) is 12.0. The van der Waals surface area contributed by atoms with Crippen molar-refractivity contribution < 1.29 is 23.8 Å². The van der Waals surface area contributed by atoms with E-state index in [1.165, 1.54) is 0 Å². The molecule has 1 aliphatic heterocycles. The van der Waals surface area contributed by atoms with Crippen LogP contribution in [0.5, 0.6) is 5.75 Å². The van der Waals surface area contributed by atoms with E-state index in [1.54, 1.807) is 44.2 Å². The number of hydrogen-bond acceptors (Lipinski definition) is 7. The fourth-order valence-electron chi connectivity index (χ4n) is 2.34. The number of carbonyl (C=O) groups is 2. The number of imide groups is 1. The molecule has 2 heterocycles. The van der Waals surface area contributed by atoms with Gasteiger partial charge in [0.05, 0.1) is 4.91 Å². The van der Waals surface area contributed by atoms with Crippen LogP contribution in [0.25, 0.3) is 6.08 Å². The molecule has 130 valence electrons. The Morgan fingerprint density at radius 2 is 2.04 bits per heavy atom. The molecule has 1 aromatic heterocycles. The summed E-state index contributed by atoms with van der Waals surface area (Å²) >= 11 is 0.869. The molecule has 1 aliphatic rings. The molecular formula is C17H16N2O5S. The van der Waals surface area contributed by atoms with Crippen molar-refractivity contribution in [2.75, 3.05) is 6.61 Å². The Hall–Kier alpha value is -2.58. The third kappa shape index (κ3) is 4.09. The molecule has 3 rings (SSSR count). The number of amides is 2. The highest BCUT2D eigenvalue weighted by atomic mass is 32.2. The third-order valence-corrected chi connectivity index (χ3v) is 4.29. The molecule has 0 saturated carbocycles. The van der Waals surface area contributed by atoms with Crippen LogP contribution in [0.2, 0.25) is 0 Å². The zero-order chi connectivity index (χ0) is 18.0. The Morgan fingerprint density at radius 3 is 2.60 bits per heavy atom. The van der Waals surface area contributed by atoms with Gasteiger partial charge in [0.25, 0.3) is 11.1 Å². The zero-order valence-electron chi connectivity index (χ0n) is 13.6. The molecule has 0 spiro atoms. The Morgan fingerprint density at radius 1 is 1.32 bits per heavy atom. The van der Waals surface area contributed by atoms with Gasteiger partial charge >= 0.3 is 0 Å². The van der Waals surface area contributed by atoms with Gasteiger partial charge < -0.3 is 14.3 Å². The number of nitrogens with one attached hydrogen (secondary N) is 1. The minimum Gasteiger partial charge on any atom is -0.490 e. The summed E-state index contributed by atoms with van der Waals surface area (Å²) in [6.07, 6.45) is 0.745. The minimum atomic E-state index is -0.885. The van der Waals surface area contributed by atoms with Crippen LogP contribution in [0.15, 0.2) is 33.6 Å². The van der Waals surface area contributed by atoms with E-state index in [2.05, 4.69) is 10.3 Å². The predicted molar refractivity (Wildman–Crippen MR) is 92.0 cm³/mol. The smallest absolute Gasteiger partial charge is 0.290 e. The molecule has 2 amide bonds. The van der Waals surface area contributed by atoms with Crippen LogP contribution in [0.4, 0.5) is 4.79 Å². The lowest BCUT2D eigenvalue weighted by Crippen LogP contribution is -2.17. The fourth-order valence-corrected chi connectivity index (χ4v) is 3.02. The molecule has 0 bridgehead atoms. The van der Waals surface area contributed by atoms with Crippen molar-refractivity contribution in [1.29, 1.82) is 0 Å². The first-order chi connectivity index (χ1) is 11.9. The number of benzene rings is 1. The first-order valence-electron chi connectivity index (χ1n) is 7.52. The predicted octanol–water partition coefficient (Wildman–Crippen LogP) is 2.73. The summed E-state index contributed by atoms with van der Waals surface area (Å²) in [6.45, 7) is 3.50. The number of hydrogen-bond donors (Lipinski definition) is 2. The Balaban J connectivity index is 1.61. The van der Waals surface area contributed by atoms with Crippen molar-refractivity contribution in [2.24, 2.45) is 0 Å². The van der Waals surface area contributed by atoms with E-state index in [0.29, 0.717) is 28.0 Å². The van der Waals surface area contributed by atoms with Gasteiger partial charge in [-0.2, -0.15) is 0 Å². The highest BCUT2D eigenvalue weighted by Gasteiger charge is 2.24. The van der Waals surface area contributed by atoms with Gasteiger partial charge in [-0.15, -0.1) is 0 Å². The van der Waals surface area contributed by atoms with Crippen LogP contribution in [0.3, 0.4) is 0 Å². The monoisotopic (exact) mass is 360 g/mol. The molecule has 0 radical (unpaired) electrons. The molecular weight excluding hydrogens is 344 g/mol. The molecule has 8 heteroatoms. The van der Waals surface area contributed by atoms with Gasteiger partial charge in [0, 0.05) is 6.92 Å². The molecule has 7 nitrogen and oxygen atoms in total. The first kappa shape index (κ1) is 17.2. The number of aliphatic hydroxyl groups excluding tert-OH is 1. The lowest BCUT2D eigenvalue weighted by Gasteiger charge is -2.11. The summed E-state index contributed by atoms with van der Waals surface area (Å²) in [4.78, 5) is 27.1. The van der Waals surface area contributed by atoms with Gasteiger partial charge in [-0.25, -0.2) is 4.98 Å². The minimum absolute atomic E-state index is 0.0417. The molecule has 2 N–H and O–H groups in total. The Bertz CT molecular complexity index is 841. The lowest BCUT2D eigenvalue weighted by molar-refractivity contribution is -0.115. The lowest BCUT2D eigenvalue weighted by atomic mass is 10.2. The number of aliphatic hydroxyl groups is 1. The van der Waals surface area contributed by atoms with Crippen molar-refractivity contribution in [3.05, 3.63) is 52.1 Å². The summed E-state index contributed by atoms with van der Waals surface area (Å²) < 4.78 is 10.8. The average Bonchev–Trinajstić information content (AvgIpc) is 3.07. The number of aromatic nitrogens is 1. The molecule has 25 heavy (non-hydrogen) atoms. The zero-order valence-corrected chi connectivity index (χ0v) is 14.4. The first-order valence-corrected chi connectivity index (χ1v) is 8.34.